The van der Waals surface area contributed by atoms with Crippen LogP contribution >= 0.6 is 11.3 Å². The molecule has 2 aromatic rings. The van der Waals surface area contributed by atoms with E-state index >= 15 is 0 Å². The summed E-state index contributed by atoms with van der Waals surface area (Å²) in [4.78, 5) is 13.1. The van der Waals surface area contributed by atoms with Crippen molar-refractivity contribution in [3.05, 3.63) is 51.7 Å². The van der Waals surface area contributed by atoms with E-state index in [-0.39, 0.29) is 5.78 Å². The quantitative estimate of drug-likeness (QED) is 0.799. The number of thiophene rings is 1. The van der Waals surface area contributed by atoms with Crippen molar-refractivity contribution in [3.8, 4) is 11.8 Å². The van der Waals surface area contributed by atoms with Crippen molar-refractivity contribution in [1.29, 1.82) is 5.26 Å². The first-order valence-electron chi connectivity index (χ1n) is 5.79. The molecular formula is C15H13NO2S. The van der Waals surface area contributed by atoms with Crippen molar-refractivity contribution >= 4 is 17.1 Å². The van der Waals surface area contributed by atoms with Crippen molar-refractivity contribution in [2.24, 2.45) is 0 Å². The lowest BCUT2D eigenvalue weighted by molar-refractivity contribution is 0.0982. The van der Waals surface area contributed by atoms with Crippen molar-refractivity contribution in [1.82, 2.24) is 0 Å². The van der Waals surface area contributed by atoms with Gasteiger partial charge in [0.05, 0.1) is 18.1 Å². The standard InChI is InChI=1S/C15H13NO2S/c1-10-6-7-19-15(10)14(17)13(9-16)11-4-3-5-12(8-11)18-2/h3-8,13H,1-2H3. The number of rotatable bonds is 4. The lowest BCUT2D eigenvalue weighted by atomic mass is 9.94. The summed E-state index contributed by atoms with van der Waals surface area (Å²) in [7, 11) is 1.56. The van der Waals surface area contributed by atoms with E-state index in [0.717, 1.165) is 5.56 Å². The van der Waals surface area contributed by atoms with Crippen LogP contribution in [0, 0.1) is 18.3 Å². The molecule has 0 aliphatic heterocycles. The van der Waals surface area contributed by atoms with E-state index in [4.69, 9.17) is 4.74 Å². The number of Topliss-reactive ketones (excluding diaryl/α,β-unsaturated/α-hetero) is 1. The number of hydrogen-bond acceptors (Lipinski definition) is 4. The van der Waals surface area contributed by atoms with Crippen molar-refractivity contribution < 1.29 is 9.53 Å². The summed E-state index contributed by atoms with van der Waals surface area (Å²) >= 11 is 1.37. The zero-order chi connectivity index (χ0) is 13.8. The molecule has 0 aliphatic rings. The van der Waals surface area contributed by atoms with Gasteiger partial charge in [-0.1, -0.05) is 12.1 Å². The number of aryl methyl sites for hydroxylation is 1. The number of nitriles is 1. The number of ketones is 1. The Morgan fingerprint density at radius 2 is 2.21 bits per heavy atom. The van der Waals surface area contributed by atoms with Crippen LogP contribution in [0.1, 0.15) is 26.7 Å². The smallest absolute Gasteiger partial charge is 0.194 e. The van der Waals surface area contributed by atoms with Gasteiger partial charge in [-0.25, -0.2) is 0 Å². The summed E-state index contributed by atoms with van der Waals surface area (Å²) in [5, 5.41) is 11.2. The van der Waals surface area contributed by atoms with Crippen LogP contribution in [0.15, 0.2) is 35.7 Å². The van der Waals surface area contributed by atoms with Gasteiger partial charge in [-0.3, -0.25) is 4.79 Å². The molecule has 1 heterocycles. The highest BCUT2D eigenvalue weighted by Crippen LogP contribution is 2.27. The Bertz CT molecular complexity index is 640. The minimum absolute atomic E-state index is 0.150. The molecule has 1 aromatic heterocycles. The summed E-state index contributed by atoms with van der Waals surface area (Å²) in [6.45, 7) is 1.88. The maximum atomic E-state index is 12.4. The number of methoxy groups -OCH3 is 1. The second-order valence-electron chi connectivity index (χ2n) is 4.14. The molecule has 1 unspecified atom stereocenters. The molecule has 0 spiro atoms. The fourth-order valence-corrected chi connectivity index (χ4v) is 2.76. The number of carbonyl (C=O) groups excluding carboxylic acids is 1. The number of benzene rings is 1. The molecule has 0 bridgehead atoms. The molecule has 0 saturated heterocycles. The molecule has 1 atom stereocenters. The SMILES string of the molecule is COc1cccc(C(C#N)C(=O)c2sccc2C)c1. The second-order valence-corrected chi connectivity index (χ2v) is 5.05. The summed E-state index contributed by atoms with van der Waals surface area (Å²) in [5.74, 6) is -0.288. The first-order valence-corrected chi connectivity index (χ1v) is 6.67. The highest BCUT2D eigenvalue weighted by Gasteiger charge is 2.24. The number of hydrogen-bond donors (Lipinski definition) is 0. The summed E-state index contributed by atoms with van der Waals surface area (Å²) in [6.07, 6.45) is 0. The lowest BCUT2D eigenvalue weighted by Gasteiger charge is -2.09. The summed E-state index contributed by atoms with van der Waals surface area (Å²) in [5.41, 5.74) is 1.58. The van der Waals surface area contributed by atoms with Crippen LogP contribution in [0.5, 0.6) is 5.75 Å². The first-order chi connectivity index (χ1) is 9.17. The minimum Gasteiger partial charge on any atom is -0.497 e. The van der Waals surface area contributed by atoms with Gasteiger partial charge in [-0.05, 0) is 41.6 Å². The van der Waals surface area contributed by atoms with Crippen molar-refractivity contribution in [3.63, 3.8) is 0 Å². The van der Waals surface area contributed by atoms with E-state index in [9.17, 15) is 10.1 Å². The zero-order valence-electron chi connectivity index (χ0n) is 10.7. The van der Waals surface area contributed by atoms with E-state index in [2.05, 4.69) is 6.07 Å². The summed E-state index contributed by atoms with van der Waals surface area (Å²) < 4.78 is 5.13. The second kappa shape index (κ2) is 5.68. The molecule has 2 rings (SSSR count). The fraction of sp³-hybridized carbons (Fsp3) is 0.200. The molecule has 96 valence electrons. The van der Waals surface area contributed by atoms with Gasteiger partial charge in [-0.15, -0.1) is 11.3 Å². The molecule has 4 heteroatoms. The first kappa shape index (κ1) is 13.3. The van der Waals surface area contributed by atoms with Gasteiger partial charge in [0.15, 0.2) is 5.78 Å². The normalized spacial score (nSPS) is 11.6. The Kier molecular flexibility index (Phi) is 3.98. The Labute approximate surface area is 116 Å². The molecule has 0 saturated carbocycles. The van der Waals surface area contributed by atoms with E-state index in [1.54, 1.807) is 31.4 Å². The minimum atomic E-state index is -0.785. The van der Waals surface area contributed by atoms with Gasteiger partial charge >= 0.3 is 0 Å². The molecule has 1 aromatic carbocycles. The van der Waals surface area contributed by atoms with E-state index in [1.807, 2.05) is 18.4 Å². The van der Waals surface area contributed by atoms with Crippen LogP contribution in [0.2, 0.25) is 0 Å². The van der Waals surface area contributed by atoms with Gasteiger partial charge < -0.3 is 4.74 Å². The molecule has 0 N–H and O–H groups in total. The Morgan fingerprint density at radius 1 is 1.42 bits per heavy atom. The van der Waals surface area contributed by atoms with Gasteiger partial charge in [-0.2, -0.15) is 5.26 Å². The lowest BCUT2D eigenvalue weighted by Crippen LogP contribution is -2.11. The zero-order valence-corrected chi connectivity index (χ0v) is 11.5. The average molecular weight is 271 g/mol. The van der Waals surface area contributed by atoms with Gasteiger partial charge in [0.25, 0.3) is 0 Å². The molecule has 0 aliphatic carbocycles. The summed E-state index contributed by atoms with van der Waals surface area (Å²) in [6, 6.07) is 11.1. The Hall–Kier alpha value is -2.12. The largest absolute Gasteiger partial charge is 0.497 e. The van der Waals surface area contributed by atoms with E-state index in [1.165, 1.54) is 11.3 Å². The van der Waals surface area contributed by atoms with Gasteiger partial charge in [0.2, 0.25) is 0 Å². The van der Waals surface area contributed by atoms with E-state index < -0.39 is 5.92 Å². The van der Waals surface area contributed by atoms with Crippen LogP contribution in [0.25, 0.3) is 0 Å². The third-order valence-electron chi connectivity index (χ3n) is 2.90. The molecule has 0 amide bonds. The van der Waals surface area contributed by atoms with Crippen LogP contribution in [0.3, 0.4) is 0 Å². The number of carbonyl (C=O) groups is 1. The Morgan fingerprint density at radius 3 is 2.79 bits per heavy atom. The van der Waals surface area contributed by atoms with Crippen molar-refractivity contribution in [2.45, 2.75) is 12.8 Å². The Balaban J connectivity index is 2.38. The topological polar surface area (TPSA) is 50.1 Å². The number of nitrogens with zero attached hydrogens (tertiary/aromatic N) is 1. The third kappa shape index (κ3) is 2.67. The highest BCUT2D eigenvalue weighted by atomic mass is 32.1. The third-order valence-corrected chi connectivity index (χ3v) is 3.94. The van der Waals surface area contributed by atoms with Crippen LogP contribution in [0.4, 0.5) is 0 Å². The molecule has 3 nitrogen and oxygen atoms in total. The van der Waals surface area contributed by atoms with Crippen LogP contribution in [-0.4, -0.2) is 12.9 Å². The molecule has 19 heavy (non-hydrogen) atoms. The monoisotopic (exact) mass is 271 g/mol. The van der Waals surface area contributed by atoms with Crippen LogP contribution < -0.4 is 4.74 Å². The number of ether oxygens (including phenoxy) is 1. The fourth-order valence-electron chi connectivity index (χ4n) is 1.86. The maximum Gasteiger partial charge on any atom is 0.194 e. The van der Waals surface area contributed by atoms with Crippen molar-refractivity contribution in [2.75, 3.05) is 7.11 Å². The molecule has 0 fully saturated rings. The van der Waals surface area contributed by atoms with Gasteiger partial charge in [0.1, 0.15) is 11.7 Å². The molecule has 0 radical (unpaired) electrons. The highest BCUT2D eigenvalue weighted by molar-refractivity contribution is 7.12. The van der Waals surface area contributed by atoms with Crippen LogP contribution in [-0.2, 0) is 0 Å². The average Bonchev–Trinajstić information content (AvgIpc) is 2.86. The van der Waals surface area contributed by atoms with E-state index in [0.29, 0.717) is 16.2 Å². The molecular weight excluding hydrogens is 258 g/mol. The van der Waals surface area contributed by atoms with Gasteiger partial charge in [0, 0.05) is 0 Å². The predicted octanol–water partition coefficient (Wildman–Crippen LogP) is 3.56. The predicted molar refractivity (Wildman–Crippen MR) is 74.7 cm³/mol. The maximum absolute atomic E-state index is 12.4.